The summed E-state index contributed by atoms with van der Waals surface area (Å²) < 4.78 is 23.3. The van der Waals surface area contributed by atoms with E-state index in [1.807, 2.05) is 18.2 Å². The van der Waals surface area contributed by atoms with Crippen molar-refractivity contribution in [2.45, 2.75) is 51.1 Å². The molecule has 0 amide bonds. The zero-order valence-corrected chi connectivity index (χ0v) is 17.0. The topological polar surface area (TPSA) is 66.9 Å². The maximum atomic E-state index is 13.0. The van der Waals surface area contributed by atoms with Crippen LogP contribution in [0.3, 0.4) is 0 Å². The lowest BCUT2D eigenvalue weighted by Crippen LogP contribution is -2.26. The first-order valence-electron chi connectivity index (χ1n) is 10.6. The van der Waals surface area contributed by atoms with Gasteiger partial charge in [-0.1, -0.05) is 6.07 Å². The van der Waals surface area contributed by atoms with E-state index in [1.54, 1.807) is 30.6 Å². The highest BCUT2D eigenvalue weighted by Crippen LogP contribution is 2.29. The number of hydrogen-bond acceptors (Lipinski definition) is 6. The van der Waals surface area contributed by atoms with Crippen molar-refractivity contribution in [1.82, 2.24) is 4.98 Å². The van der Waals surface area contributed by atoms with Gasteiger partial charge in [-0.2, -0.15) is 0 Å². The molecule has 6 nitrogen and oxygen atoms in total. The molecule has 0 spiro atoms. The van der Waals surface area contributed by atoms with Crippen LogP contribution in [0, 0.1) is 0 Å². The molecular weight excluding hydrogens is 382 g/mol. The van der Waals surface area contributed by atoms with Gasteiger partial charge in [0.25, 0.3) is 0 Å². The van der Waals surface area contributed by atoms with E-state index >= 15 is 0 Å². The highest BCUT2D eigenvalue weighted by Gasteiger charge is 2.21. The van der Waals surface area contributed by atoms with E-state index in [0.717, 1.165) is 44.1 Å². The Balaban J connectivity index is 1.54. The lowest BCUT2D eigenvalue weighted by Gasteiger charge is -2.25. The standard InChI is InChI=1S/C24H27NO5/c26-21(11-9-18-6-5-13-25-17-18)20-16-19(29-23-7-1-3-14-27-23)10-12-22(20)30-24-8-2-4-15-28-24/h5-6,9-13,16-17,23-24H,1-4,7-8,14-15H2/b11-9+. The molecule has 6 heteroatoms. The summed E-state index contributed by atoms with van der Waals surface area (Å²) in [5.41, 5.74) is 1.30. The Labute approximate surface area is 176 Å². The van der Waals surface area contributed by atoms with Gasteiger partial charge in [-0.15, -0.1) is 0 Å². The number of ether oxygens (including phenoxy) is 4. The molecule has 2 fully saturated rings. The van der Waals surface area contributed by atoms with E-state index in [-0.39, 0.29) is 18.4 Å². The lowest BCUT2D eigenvalue weighted by molar-refractivity contribution is -0.107. The maximum Gasteiger partial charge on any atom is 0.199 e. The molecule has 158 valence electrons. The summed E-state index contributed by atoms with van der Waals surface area (Å²) in [7, 11) is 0. The van der Waals surface area contributed by atoms with Crippen molar-refractivity contribution in [3.05, 3.63) is 59.9 Å². The van der Waals surface area contributed by atoms with Gasteiger partial charge < -0.3 is 18.9 Å². The first-order chi connectivity index (χ1) is 14.8. The first kappa shape index (κ1) is 20.6. The fourth-order valence-electron chi connectivity index (χ4n) is 3.52. The molecule has 0 N–H and O–H groups in total. The smallest absolute Gasteiger partial charge is 0.199 e. The molecule has 0 aliphatic carbocycles. The number of ketones is 1. The molecule has 30 heavy (non-hydrogen) atoms. The minimum Gasteiger partial charge on any atom is -0.465 e. The third-order valence-corrected chi connectivity index (χ3v) is 5.13. The van der Waals surface area contributed by atoms with Crippen molar-refractivity contribution in [2.75, 3.05) is 13.2 Å². The number of pyridine rings is 1. The second-order valence-corrected chi connectivity index (χ2v) is 7.47. The van der Waals surface area contributed by atoms with E-state index in [1.165, 1.54) is 6.08 Å². The number of allylic oxidation sites excluding steroid dienone is 1. The molecule has 2 aliphatic heterocycles. The van der Waals surface area contributed by atoms with Crippen LogP contribution in [0.1, 0.15) is 54.4 Å². The Kier molecular flexibility index (Phi) is 7.11. The molecule has 4 rings (SSSR count). The minimum atomic E-state index is -0.332. The van der Waals surface area contributed by atoms with Crippen LogP contribution >= 0.6 is 0 Å². The monoisotopic (exact) mass is 409 g/mol. The molecule has 2 atom stereocenters. The molecule has 2 unspecified atom stereocenters. The zero-order chi connectivity index (χ0) is 20.6. The van der Waals surface area contributed by atoms with Crippen molar-refractivity contribution in [3.8, 4) is 11.5 Å². The van der Waals surface area contributed by atoms with Crippen molar-refractivity contribution < 1.29 is 23.7 Å². The Morgan fingerprint density at radius 1 is 1.00 bits per heavy atom. The number of aromatic nitrogens is 1. The number of nitrogens with zero attached hydrogens (tertiary/aromatic N) is 1. The minimum absolute atomic E-state index is 0.167. The number of carbonyl (C=O) groups is 1. The summed E-state index contributed by atoms with van der Waals surface area (Å²) in [5.74, 6) is 0.927. The van der Waals surface area contributed by atoms with Gasteiger partial charge in [-0.25, -0.2) is 0 Å². The zero-order valence-electron chi connectivity index (χ0n) is 17.0. The van der Waals surface area contributed by atoms with Crippen molar-refractivity contribution >= 4 is 11.9 Å². The van der Waals surface area contributed by atoms with E-state index in [0.29, 0.717) is 30.3 Å². The van der Waals surface area contributed by atoms with E-state index in [2.05, 4.69) is 4.98 Å². The summed E-state index contributed by atoms with van der Waals surface area (Å²) in [6.45, 7) is 1.37. The van der Waals surface area contributed by atoms with Gasteiger partial charge in [0.15, 0.2) is 18.4 Å². The lowest BCUT2D eigenvalue weighted by atomic mass is 10.1. The van der Waals surface area contributed by atoms with Gasteiger partial charge in [-0.05, 0) is 67.7 Å². The fourth-order valence-corrected chi connectivity index (χ4v) is 3.52. The van der Waals surface area contributed by atoms with Gasteiger partial charge in [0.2, 0.25) is 0 Å². The van der Waals surface area contributed by atoms with Gasteiger partial charge in [0.1, 0.15) is 11.5 Å². The van der Waals surface area contributed by atoms with Crippen molar-refractivity contribution in [3.63, 3.8) is 0 Å². The largest absolute Gasteiger partial charge is 0.465 e. The number of hydrogen-bond donors (Lipinski definition) is 0. The molecule has 1 aromatic heterocycles. The van der Waals surface area contributed by atoms with Crippen LogP contribution in [0.5, 0.6) is 11.5 Å². The predicted octanol–water partition coefficient (Wildman–Crippen LogP) is 4.79. The predicted molar refractivity (Wildman–Crippen MR) is 112 cm³/mol. The Hall–Kier alpha value is -2.70. The molecule has 0 radical (unpaired) electrons. The molecule has 2 aliphatic rings. The molecule has 0 saturated carbocycles. The van der Waals surface area contributed by atoms with Crippen LogP contribution in [-0.4, -0.2) is 36.6 Å². The highest BCUT2D eigenvalue weighted by atomic mass is 16.7. The van der Waals surface area contributed by atoms with Crippen LogP contribution in [0.15, 0.2) is 48.8 Å². The van der Waals surface area contributed by atoms with E-state index in [9.17, 15) is 4.79 Å². The second kappa shape index (κ2) is 10.4. The molecule has 2 saturated heterocycles. The third kappa shape index (κ3) is 5.68. The SMILES string of the molecule is O=C(/C=C/c1cccnc1)c1cc(OC2CCCCO2)ccc1OC1CCCCO1. The van der Waals surface area contributed by atoms with Gasteiger partial charge in [0, 0.05) is 25.2 Å². The van der Waals surface area contributed by atoms with E-state index < -0.39 is 0 Å². The summed E-state index contributed by atoms with van der Waals surface area (Å²) in [6, 6.07) is 9.05. The van der Waals surface area contributed by atoms with Crippen LogP contribution in [-0.2, 0) is 9.47 Å². The van der Waals surface area contributed by atoms with E-state index in [4.69, 9.17) is 18.9 Å². The number of rotatable bonds is 7. The quantitative estimate of drug-likeness (QED) is 0.484. The van der Waals surface area contributed by atoms with Crippen LogP contribution in [0.4, 0.5) is 0 Å². The number of carbonyl (C=O) groups excluding carboxylic acids is 1. The fraction of sp³-hybridized carbons (Fsp3) is 0.417. The average molecular weight is 409 g/mol. The Morgan fingerprint density at radius 3 is 2.43 bits per heavy atom. The van der Waals surface area contributed by atoms with Crippen molar-refractivity contribution in [2.24, 2.45) is 0 Å². The van der Waals surface area contributed by atoms with Crippen LogP contribution in [0.2, 0.25) is 0 Å². The summed E-state index contributed by atoms with van der Waals surface area (Å²) in [5, 5.41) is 0. The summed E-state index contributed by atoms with van der Waals surface area (Å²) >= 11 is 0. The normalized spacial score (nSPS) is 22.0. The van der Waals surface area contributed by atoms with Gasteiger partial charge in [0.05, 0.1) is 18.8 Å². The molecular formula is C24H27NO5. The molecule has 3 heterocycles. The first-order valence-corrected chi connectivity index (χ1v) is 10.6. The van der Waals surface area contributed by atoms with Gasteiger partial charge >= 0.3 is 0 Å². The maximum absolute atomic E-state index is 13.0. The average Bonchev–Trinajstić information content (AvgIpc) is 2.80. The third-order valence-electron chi connectivity index (χ3n) is 5.13. The number of benzene rings is 1. The highest BCUT2D eigenvalue weighted by molar-refractivity contribution is 6.08. The molecule has 2 aromatic rings. The molecule has 0 bridgehead atoms. The summed E-state index contributed by atoms with van der Waals surface area (Å²) in [6.07, 6.45) is 11.9. The Bertz CT molecular complexity index is 855. The Morgan fingerprint density at radius 2 is 1.77 bits per heavy atom. The van der Waals surface area contributed by atoms with Crippen LogP contribution < -0.4 is 9.47 Å². The second-order valence-electron chi connectivity index (χ2n) is 7.47. The van der Waals surface area contributed by atoms with Crippen LogP contribution in [0.25, 0.3) is 6.08 Å². The van der Waals surface area contributed by atoms with Gasteiger partial charge in [-0.3, -0.25) is 9.78 Å². The molecule has 1 aromatic carbocycles. The summed E-state index contributed by atoms with van der Waals surface area (Å²) in [4.78, 5) is 17.1. The van der Waals surface area contributed by atoms with Crippen molar-refractivity contribution in [1.29, 1.82) is 0 Å².